The lowest BCUT2D eigenvalue weighted by Gasteiger charge is -2.02. The number of carbonyl (C=O) groups excluding carboxylic acids is 1. The Morgan fingerprint density at radius 1 is 1.43 bits per heavy atom. The summed E-state index contributed by atoms with van der Waals surface area (Å²) in [6.45, 7) is 0. The van der Waals surface area contributed by atoms with Gasteiger partial charge in [0.2, 0.25) is 0 Å². The van der Waals surface area contributed by atoms with Crippen LogP contribution in [0.5, 0.6) is 0 Å². The summed E-state index contributed by atoms with van der Waals surface area (Å²) in [6, 6.07) is 3.11. The SMILES string of the molecule is COC(=O)c1c(F)cc(C#N)cc1F. The first-order valence-electron chi connectivity index (χ1n) is 3.57. The fourth-order valence-electron chi connectivity index (χ4n) is 0.935. The zero-order valence-corrected chi connectivity index (χ0v) is 7.17. The number of methoxy groups -OCH3 is 1. The van der Waals surface area contributed by atoms with Gasteiger partial charge in [0.25, 0.3) is 0 Å². The molecule has 72 valence electrons. The zero-order chi connectivity index (χ0) is 10.7. The maximum Gasteiger partial charge on any atom is 0.343 e. The van der Waals surface area contributed by atoms with E-state index in [1.807, 2.05) is 0 Å². The van der Waals surface area contributed by atoms with Crippen molar-refractivity contribution in [2.45, 2.75) is 0 Å². The molecular weight excluding hydrogens is 192 g/mol. The quantitative estimate of drug-likeness (QED) is 0.643. The number of halogens is 2. The van der Waals surface area contributed by atoms with Crippen molar-refractivity contribution in [3.63, 3.8) is 0 Å². The van der Waals surface area contributed by atoms with Crippen LogP contribution in [-0.2, 0) is 4.74 Å². The highest BCUT2D eigenvalue weighted by Crippen LogP contribution is 2.15. The van der Waals surface area contributed by atoms with Crippen LogP contribution in [0.4, 0.5) is 8.78 Å². The highest BCUT2D eigenvalue weighted by Gasteiger charge is 2.18. The van der Waals surface area contributed by atoms with E-state index in [1.54, 1.807) is 6.07 Å². The molecule has 0 bridgehead atoms. The molecule has 14 heavy (non-hydrogen) atoms. The van der Waals surface area contributed by atoms with E-state index in [2.05, 4.69) is 4.74 Å². The number of carbonyl (C=O) groups is 1. The first-order chi connectivity index (χ1) is 6.60. The largest absolute Gasteiger partial charge is 0.465 e. The Hall–Kier alpha value is -1.96. The predicted octanol–water partition coefficient (Wildman–Crippen LogP) is 1.62. The maximum absolute atomic E-state index is 13.0. The van der Waals surface area contributed by atoms with Crippen LogP contribution in [0.3, 0.4) is 0 Å². The third-order valence-corrected chi connectivity index (χ3v) is 1.56. The molecule has 0 aliphatic heterocycles. The van der Waals surface area contributed by atoms with Crippen LogP contribution < -0.4 is 0 Å². The highest BCUT2D eigenvalue weighted by molar-refractivity contribution is 5.90. The summed E-state index contributed by atoms with van der Waals surface area (Å²) in [5, 5.41) is 8.37. The fraction of sp³-hybridized carbons (Fsp3) is 0.111. The van der Waals surface area contributed by atoms with E-state index in [4.69, 9.17) is 5.26 Å². The number of rotatable bonds is 1. The van der Waals surface area contributed by atoms with E-state index in [1.165, 1.54) is 0 Å². The lowest BCUT2D eigenvalue weighted by atomic mass is 10.1. The Bertz CT molecular complexity index is 400. The van der Waals surface area contributed by atoms with Crippen LogP contribution in [0, 0.1) is 23.0 Å². The van der Waals surface area contributed by atoms with Gasteiger partial charge < -0.3 is 4.74 Å². The summed E-state index contributed by atoms with van der Waals surface area (Å²) in [4.78, 5) is 10.9. The molecule has 0 heterocycles. The summed E-state index contributed by atoms with van der Waals surface area (Å²) in [5.41, 5.74) is -0.973. The molecule has 0 saturated carbocycles. The van der Waals surface area contributed by atoms with E-state index in [-0.39, 0.29) is 5.56 Å². The number of ether oxygens (including phenoxy) is 1. The van der Waals surface area contributed by atoms with Crippen molar-refractivity contribution >= 4 is 5.97 Å². The van der Waals surface area contributed by atoms with Gasteiger partial charge in [-0.2, -0.15) is 5.26 Å². The molecule has 0 atom stereocenters. The first-order valence-corrected chi connectivity index (χ1v) is 3.57. The van der Waals surface area contributed by atoms with Gasteiger partial charge in [-0.3, -0.25) is 0 Å². The maximum atomic E-state index is 13.0. The molecule has 1 aromatic rings. The monoisotopic (exact) mass is 197 g/mol. The van der Waals surface area contributed by atoms with Gasteiger partial charge in [-0.05, 0) is 12.1 Å². The van der Waals surface area contributed by atoms with Crippen LogP contribution >= 0.6 is 0 Å². The summed E-state index contributed by atoms with van der Waals surface area (Å²) in [6.07, 6.45) is 0. The van der Waals surface area contributed by atoms with Gasteiger partial charge in [-0.1, -0.05) is 0 Å². The summed E-state index contributed by atoms with van der Waals surface area (Å²) in [7, 11) is 1.01. The van der Waals surface area contributed by atoms with Crippen LogP contribution in [-0.4, -0.2) is 13.1 Å². The fourth-order valence-corrected chi connectivity index (χ4v) is 0.935. The Morgan fingerprint density at radius 3 is 2.29 bits per heavy atom. The van der Waals surface area contributed by atoms with Crippen LogP contribution in [0.25, 0.3) is 0 Å². The van der Waals surface area contributed by atoms with Gasteiger partial charge in [0.15, 0.2) is 0 Å². The lowest BCUT2D eigenvalue weighted by molar-refractivity contribution is 0.0590. The van der Waals surface area contributed by atoms with Crippen LogP contribution in [0.2, 0.25) is 0 Å². The van der Waals surface area contributed by atoms with E-state index in [9.17, 15) is 13.6 Å². The summed E-state index contributed by atoms with van der Waals surface area (Å²) >= 11 is 0. The van der Waals surface area contributed by atoms with Crippen LogP contribution in [0.1, 0.15) is 15.9 Å². The van der Waals surface area contributed by atoms with Crippen molar-refractivity contribution in [3.05, 3.63) is 34.9 Å². The zero-order valence-electron chi connectivity index (χ0n) is 7.17. The first kappa shape index (κ1) is 10.1. The van der Waals surface area contributed by atoms with E-state index >= 15 is 0 Å². The molecule has 0 aliphatic carbocycles. The van der Waals surface area contributed by atoms with E-state index < -0.39 is 23.2 Å². The van der Waals surface area contributed by atoms with Crippen molar-refractivity contribution in [1.29, 1.82) is 5.26 Å². The average molecular weight is 197 g/mol. The Balaban J connectivity index is 3.34. The molecular formula is C9H5F2NO2. The molecule has 0 unspecified atom stereocenters. The molecule has 0 fully saturated rings. The second-order valence-electron chi connectivity index (χ2n) is 2.42. The van der Waals surface area contributed by atoms with Crippen molar-refractivity contribution in [2.75, 3.05) is 7.11 Å². The van der Waals surface area contributed by atoms with Gasteiger partial charge in [-0.15, -0.1) is 0 Å². The second-order valence-corrected chi connectivity index (χ2v) is 2.42. The number of nitrogens with zero attached hydrogens (tertiary/aromatic N) is 1. The molecule has 1 rings (SSSR count). The van der Waals surface area contributed by atoms with Gasteiger partial charge in [-0.25, -0.2) is 13.6 Å². The minimum atomic E-state index is -1.11. The summed E-state index contributed by atoms with van der Waals surface area (Å²) < 4.78 is 30.3. The Kier molecular flexibility index (Phi) is 2.77. The molecule has 5 heteroatoms. The number of hydrogen-bond donors (Lipinski definition) is 0. The number of nitriles is 1. The predicted molar refractivity (Wildman–Crippen MR) is 42.4 cm³/mol. The Morgan fingerprint density at radius 2 is 1.93 bits per heavy atom. The minimum absolute atomic E-state index is 0.187. The molecule has 0 spiro atoms. The minimum Gasteiger partial charge on any atom is -0.465 e. The number of esters is 1. The van der Waals surface area contributed by atoms with Crippen molar-refractivity contribution in [2.24, 2.45) is 0 Å². The highest BCUT2D eigenvalue weighted by atomic mass is 19.1. The molecule has 0 saturated heterocycles. The van der Waals surface area contributed by atoms with Crippen molar-refractivity contribution in [1.82, 2.24) is 0 Å². The standard InChI is InChI=1S/C9H5F2NO2/c1-14-9(13)8-6(10)2-5(4-12)3-7(8)11/h2-3H,1H3. The molecule has 0 amide bonds. The number of hydrogen-bond acceptors (Lipinski definition) is 3. The lowest BCUT2D eigenvalue weighted by Crippen LogP contribution is -2.08. The van der Waals surface area contributed by atoms with Gasteiger partial charge >= 0.3 is 5.97 Å². The smallest absolute Gasteiger partial charge is 0.343 e. The second kappa shape index (κ2) is 3.83. The molecule has 3 nitrogen and oxygen atoms in total. The number of benzene rings is 1. The van der Waals surface area contributed by atoms with Gasteiger partial charge in [0.1, 0.15) is 17.2 Å². The van der Waals surface area contributed by atoms with Crippen molar-refractivity contribution < 1.29 is 18.3 Å². The molecule has 0 N–H and O–H groups in total. The third-order valence-electron chi connectivity index (χ3n) is 1.56. The Labute approximate surface area is 78.5 Å². The van der Waals surface area contributed by atoms with Crippen molar-refractivity contribution in [3.8, 4) is 6.07 Å². The molecule has 0 aliphatic rings. The third kappa shape index (κ3) is 1.69. The molecule has 1 aromatic carbocycles. The van der Waals surface area contributed by atoms with E-state index in [0.717, 1.165) is 19.2 Å². The summed E-state index contributed by atoms with van der Waals surface area (Å²) in [5.74, 6) is -3.31. The van der Waals surface area contributed by atoms with E-state index in [0.29, 0.717) is 0 Å². The van der Waals surface area contributed by atoms with Gasteiger partial charge in [0.05, 0.1) is 18.7 Å². The molecule has 0 radical (unpaired) electrons. The normalized spacial score (nSPS) is 9.29. The van der Waals surface area contributed by atoms with Gasteiger partial charge in [0, 0.05) is 0 Å². The topological polar surface area (TPSA) is 50.1 Å². The molecule has 0 aromatic heterocycles. The van der Waals surface area contributed by atoms with Crippen LogP contribution in [0.15, 0.2) is 12.1 Å². The average Bonchev–Trinajstić information content (AvgIpc) is 2.16.